The van der Waals surface area contributed by atoms with Gasteiger partial charge in [-0.25, -0.2) is 0 Å². The van der Waals surface area contributed by atoms with Crippen LogP contribution in [-0.4, -0.2) is 14.1 Å². The fourth-order valence-electron chi connectivity index (χ4n) is 2.93. The number of halogens is 3. The van der Waals surface area contributed by atoms with Crippen molar-refractivity contribution in [1.29, 1.82) is 5.26 Å². The molecule has 26 heavy (non-hydrogen) atoms. The minimum absolute atomic E-state index is 0.0409. The minimum atomic E-state index is -4.42. The minimum Gasteiger partial charge on any atom is -0.440 e. The largest absolute Gasteiger partial charge is 0.440 e. The van der Waals surface area contributed by atoms with E-state index in [1.807, 2.05) is 31.1 Å². The van der Waals surface area contributed by atoms with E-state index in [0.29, 0.717) is 16.9 Å². The van der Waals surface area contributed by atoms with Crippen LogP contribution in [0.3, 0.4) is 0 Å². The molecule has 0 amide bonds. The Labute approximate surface area is 148 Å². The summed E-state index contributed by atoms with van der Waals surface area (Å²) in [4.78, 5) is 1.89. The van der Waals surface area contributed by atoms with E-state index in [2.05, 4.69) is 0 Å². The number of fused-ring (bicyclic) bond motifs is 1. The Balaban J connectivity index is 2.12. The van der Waals surface area contributed by atoms with Crippen molar-refractivity contribution < 1.29 is 17.9 Å². The summed E-state index contributed by atoms with van der Waals surface area (Å²) >= 11 is 0. The molecule has 0 fully saturated rings. The number of alkyl halides is 3. The van der Waals surface area contributed by atoms with Crippen molar-refractivity contribution in [1.82, 2.24) is 0 Å². The summed E-state index contributed by atoms with van der Waals surface area (Å²) in [5, 5.41) is 9.49. The number of nitrogens with zero attached hydrogens (tertiary/aromatic N) is 2. The summed E-state index contributed by atoms with van der Waals surface area (Å²) in [5.74, 6) is -0.138. The number of rotatable bonds is 2. The molecular weight excluding hydrogens is 343 g/mol. The van der Waals surface area contributed by atoms with E-state index in [1.165, 1.54) is 12.1 Å². The van der Waals surface area contributed by atoms with Crippen LogP contribution in [0.25, 0.3) is 0 Å². The summed E-state index contributed by atoms with van der Waals surface area (Å²) in [6.07, 6.45) is -4.42. The van der Waals surface area contributed by atoms with Gasteiger partial charge in [0.1, 0.15) is 17.4 Å². The third-order valence-corrected chi connectivity index (χ3v) is 4.29. The van der Waals surface area contributed by atoms with Gasteiger partial charge in [0.05, 0.1) is 11.5 Å². The van der Waals surface area contributed by atoms with Crippen molar-refractivity contribution in [3.8, 4) is 11.8 Å². The molecule has 2 N–H and O–H groups in total. The normalized spacial score (nSPS) is 16.5. The molecule has 0 unspecified atom stereocenters. The van der Waals surface area contributed by atoms with Gasteiger partial charge in [0.25, 0.3) is 0 Å². The van der Waals surface area contributed by atoms with Crippen molar-refractivity contribution >= 4 is 5.69 Å². The van der Waals surface area contributed by atoms with E-state index in [0.717, 1.165) is 17.8 Å². The van der Waals surface area contributed by atoms with E-state index >= 15 is 0 Å². The molecule has 4 nitrogen and oxygen atoms in total. The average Bonchev–Trinajstić information content (AvgIpc) is 2.59. The maximum absolute atomic E-state index is 12.8. The molecule has 0 aliphatic carbocycles. The molecule has 0 saturated carbocycles. The fourth-order valence-corrected chi connectivity index (χ4v) is 2.93. The van der Waals surface area contributed by atoms with Crippen LogP contribution in [0.5, 0.6) is 5.75 Å². The van der Waals surface area contributed by atoms with Crippen LogP contribution in [0.15, 0.2) is 53.9 Å². The highest BCUT2D eigenvalue weighted by molar-refractivity contribution is 5.61. The maximum Gasteiger partial charge on any atom is 0.416 e. The molecule has 1 aliphatic rings. The number of benzene rings is 2. The molecule has 0 bridgehead atoms. The van der Waals surface area contributed by atoms with Crippen LogP contribution in [0.1, 0.15) is 22.6 Å². The van der Waals surface area contributed by atoms with Crippen LogP contribution in [0, 0.1) is 11.3 Å². The van der Waals surface area contributed by atoms with Gasteiger partial charge in [0.2, 0.25) is 5.88 Å². The molecule has 2 aromatic rings. The number of allylic oxidation sites excluding steroid dienone is 1. The quantitative estimate of drug-likeness (QED) is 0.881. The number of nitrogens with two attached hydrogens (primary N) is 1. The van der Waals surface area contributed by atoms with Gasteiger partial charge in [-0.15, -0.1) is 0 Å². The van der Waals surface area contributed by atoms with Gasteiger partial charge in [-0.2, -0.15) is 18.4 Å². The maximum atomic E-state index is 12.8. The standard InChI is InChI=1S/C19H16F3N3O/c1-25(2)13-7-8-14-16(9-13)26-18(24)15(10-23)17(14)11-3-5-12(6-4-11)19(20,21)22/h3-9,17H,24H2,1-2H3/t17-/m1/s1. The van der Waals surface area contributed by atoms with Crippen LogP contribution in [0.4, 0.5) is 18.9 Å². The monoisotopic (exact) mass is 359 g/mol. The Bertz CT molecular complexity index is 909. The molecule has 0 aromatic heterocycles. The molecule has 1 heterocycles. The van der Waals surface area contributed by atoms with Gasteiger partial charge in [0, 0.05) is 31.4 Å². The fraction of sp³-hybridized carbons (Fsp3) is 0.211. The van der Waals surface area contributed by atoms with Gasteiger partial charge in [-0.3, -0.25) is 0 Å². The highest BCUT2D eigenvalue weighted by Crippen LogP contribution is 2.43. The van der Waals surface area contributed by atoms with Crippen molar-refractivity contribution in [3.05, 3.63) is 70.6 Å². The first-order valence-electron chi connectivity index (χ1n) is 7.78. The summed E-state index contributed by atoms with van der Waals surface area (Å²) in [6, 6.07) is 12.2. The van der Waals surface area contributed by atoms with Gasteiger partial charge in [-0.05, 0) is 23.8 Å². The first-order valence-corrected chi connectivity index (χ1v) is 7.78. The molecule has 0 spiro atoms. The number of hydrogen-bond donors (Lipinski definition) is 1. The molecule has 3 rings (SSSR count). The number of anilines is 1. The van der Waals surface area contributed by atoms with Crippen molar-refractivity contribution in [3.63, 3.8) is 0 Å². The van der Waals surface area contributed by atoms with E-state index in [1.54, 1.807) is 12.1 Å². The highest BCUT2D eigenvalue weighted by Gasteiger charge is 2.33. The second kappa shape index (κ2) is 6.30. The lowest BCUT2D eigenvalue weighted by Gasteiger charge is -2.27. The third kappa shape index (κ3) is 3.06. The Kier molecular flexibility index (Phi) is 4.28. The van der Waals surface area contributed by atoms with Crippen LogP contribution < -0.4 is 15.4 Å². The smallest absolute Gasteiger partial charge is 0.416 e. The molecular formula is C19H16F3N3O. The van der Waals surface area contributed by atoms with Crippen molar-refractivity contribution in [2.75, 3.05) is 19.0 Å². The predicted octanol–water partition coefficient (Wildman–Crippen LogP) is 3.99. The Morgan fingerprint density at radius 3 is 2.31 bits per heavy atom. The Morgan fingerprint density at radius 1 is 1.12 bits per heavy atom. The first kappa shape index (κ1) is 17.7. The summed E-state index contributed by atoms with van der Waals surface area (Å²) in [5.41, 5.74) is 7.43. The van der Waals surface area contributed by atoms with Gasteiger partial charge < -0.3 is 15.4 Å². The summed E-state index contributed by atoms with van der Waals surface area (Å²) in [7, 11) is 3.75. The summed E-state index contributed by atoms with van der Waals surface area (Å²) < 4.78 is 44.0. The lowest BCUT2D eigenvalue weighted by atomic mass is 9.83. The van der Waals surface area contributed by atoms with E-state index < -0.39 is 17.7 Å². The van der Waals surface area contributed by atoms with Crippen LogP contribution in [-0.2, 0) is 6.18 Å². The highest BCUT2D eigenvalue weighted by atomic mass is 19.4. The lowest BCUT2D eigenvalue weighted by Crippen LogP contribution is -2.21. The zero-order valence-electron chi connectivity index (χ0n) is 14.1. The average molecular weight is 359 g/mol. The van der Waals surface area contributed by atoms with Gasteiger partial charge in [-0.1, -0.05) is 18.2 Å². The topological polar surface area (TPSA) is 62.3 Å². The zero-order valence-corrected chi connectivity index (χ0v) is 14.1. The summed E-state index contributed by atoms with van der Waals surface area (Å²) in [6.45, 7) is 0. The third-order valence-electron chi connectivity index (χ3n) is 4.29. The molecule has 7 heteroatoms. The van der Waals surface area contributed by atoms with Crippen molar-refractivity contribution in [2.24, 2.45) is 5.73 Å². The number of hydrogen-bond acceptors (Lipinski definition) is 4. The van der Waals surface area contributed by atoms with E-state index in [9.17, 15) is 18.4 Å². The Morgan fingerprint density at radius 2 is 1.77 bits per heavy atom. The van der Waals surface area contributed by atoms with Crippen LogP contribution in [0.2, 0.25) is 0 Å². The van der Waals surface area contributed by atoms with Crippen LogP contribution >= 0.6 is 0 Å². The molecule has 0 saturated heterocycles. The predicted molar refractivity (Wildman–Crippen MR) is 91.5 cm³/mol. The van der Waals surface area contributed by atoms with E-state index in [4.69, 9.17) is 10.5 Å². The zero-order chi connectivity index (χ0) is 19.1. The molecule has 2 aromatic carbocycles. The van der Waals surface area contributed by atoms with Gasteiger partial charge in [0.15, 0.2) is 0 Å². The first-order chi connectivity index (χ1) is 12.2. The molecule has 0 radical (unpaired) electrons. The molecule has 1 atom stereocenters. The lowest BCUT2D eigenvalue weighted by molar-refractivity contribution is -0.137. The SMILES string of the molecule is CN(C)c1ccc2c(c1)OC(N)=C(C#N)[C@@H]2c1ccc(C(F)(F)F)cc1. The molecule has 1 aliphatic heterocycles. The number of ether oxygens (including phenoxy) is 1. The number of nitriles is 1. The van der Waals surface area contributed by atoms with E-state index in [-0.39, 0.29) is 11.5 Å². The van der Waals surface area contributed by atoms with Gasteiger partial charge >= 0.3 is 6.18 Å². The Hall–Kier alpha value is -3.14. The second-order valence-electron chi connectivity index (χ2n) is 6.16. The second-order valence-corrected chi connectivity index (χ2v) is 6.16. The van der Waals surface area contributed by atoms with Crippen molar-refractivity contribution in [2.45, 2.75) is 12.1 Å². The molecule has 134 valence electrons.